The third kappa shape index (κ3) is 3.98. The fourth-order valence-electron chi connectivity index (χ4n) is 2.24. The van der Waals surface area contributed by atoms with Crippen LogP contribution < -0.4 is 10.6 Å². The normalized spacial score (nSPS) is 10.6. The highest BCUT2D eigenvalue weighted by Gasteiger charge is 2.21. The van der Waals surface area contributed by atoms with Crippen LogP contribution in [0.15, 0.2) is 25.3 Å². The number of hydrogen-bond acceptors (Lipinski definition) is 7. The van der Waals surface area contributed by atoms with Gasteiger partial charge in [0, 0.05) is 13.1 Å². The van der Waals surface area contributed by atoms with Crippen molar-refractivity contribution < 1.29 is 9.53 Å². The fourth-order valence-corrected chi connectivity index (χ4v) is 3.33. The van der Waals surface area contributed by atoms with Crippen molar-refractivity contribution in [2.24, 2.45) is 0 Å². The molecule has 0 fully saturated rings. The Labute approximate surface area is 145 Å². The molecule has 2 aromatic heterocycles. The smallest absolute Gasteiger partial charge is 0.348 e. The second-order valence-electron chi connectivity index (χ2n) is 5.03. The molecule has 0 aliphatic carbocycles. The van der Waals surface area contributed by atoms with Crippen LogP contribution in [0, 0.1) is 6.92 Å². The lowest BCUT2D eigenvalue weighted by Crippen LogP contribution is -2.16. The lowest BCUT2D eigenvalue weighted by atomic mass is 10.2. The SMILES string of the molecule is C=CCNCc1nc(NCC=C)c2c(C)c(C(=O)OCC)sc2n1. The lowest BCUT2D eigenvalue weighted by Gasteiger charge is -2.08. The number of nitrogens with zero attached hydrogens (tertiary/aromatic N) is 2. The molecule has 0 aliphatic heterocycles. The van der Waals surface area contributed by atoms with Gasteiger partial charge < -0.3 is 15.4 Å². The maximum atomic E-state index is 12.1. The molecule has 2 N–H and O–H groups in total. The molecule has 2 heterocycles. The predicted molar refractivity (Wildman–Crippen MR) is 98.7 cm³/mol. The molecule has 0 unspecified atom stereocenters. The molecule has 0 saturated heterocycles. The summed E-state index contributed by atoms with van der Waals surface area (Å²) in [6.45, 7) is 13.2. The summed E-state index contributed by atoms with van der Waals surface area (Å²) in [4.78, 5) is 22.6. The zero-order valence-corrected chi connectivity index (χ0v) is 14.8. The standard InChI is InChI=1S/C17H22N4O2S/c1-5-8-18-10-12-20-15(19-9-6-2)13-11(4)14(17(22)23-7-3)24-16(13)21-12/h5-6,18H,1-2,7-10H2,3-4H3,(H,19,20,21). The molecule has 0 aromatic carbocycles. The molecule has 24 heavy (non-hydrogen) atoms. The van der Waals surface area contributed by atoms with E-state index in [1.807, 2.05) is 6.92 Å². The number of aromatic nitrogens is 2. The number of hydrogen-bond donors (Lipinski definition) is 2. The number of aryl methyl sites for hydroxylation is 1. The summed E-state index contributed by atoms with van der Waals surface area (Å²) in [6, 6.07) is 0. The predicted octanol–water partition coefficient (Wildman–Crippen LogP) is 3.05. The summed E-state index contributed by atoms with van der Waals surface area (Å²) < 4.78 is 5.13. The first-order chi connectivity index (χ1) is 11.6. The minimum atomic E-state index is -0.320. The molecule has 2 rings (SSSR count). The summed E-state index contributed by atoms with van der Waals surface area (Å²) >= 11 is 1.33. The van der Waals surface area contributed by atoms with E-state index >= 15 is 0 Å². The lowest BCUT2D eigenvalue weighted by molar-refractivity contribution is 0.0531. The highest BCUT2D eigenvalue weighted by Crippen LogP contribution is 2.34. The molecule has 2 aromatic rings. The van der Waals surface area contributed by atoms with Crippen molar-refractivity contribution in [2.45, 2.75) is 20.4 Å². The van der Waals surface area contributed by atoms with E-state index in [2.05, 4.69) is 33.8 Å². The van der Waals surface area contributed by atoms with E-state index in [-0.39, 0.29) is 5.97 Å². The molecule has 0 radical (unpaired) electrons. The van der Waals surface area contributed by atoms with Gasteiger partial charge in [-0.1, -0.05) is 12.2 Å². The van der Waals surface area contributed by atoms with Crippen molar-refractivity contribution >= 4 is 33.3 Å². The van der Waals surface area contributed by atoms with E-state index in [0.717, 1.165) is 15.8 Å². The average molecular weight is 346 g/mol. The number of esters is 1. The van der Waals surface area contributed by atoms with Gasteiger partial charge in [0.25, 0.3) is 0 Å². The van der Waals surface area contributed by atoms with Crippen molar-refractivity contribution in [2.75, 3.05) is 25.0 Å². The minimum Gasteiger partial charge on any atom is -0.462 e. The first-order valence-corrected chi connectivity index (χ1v) is 8.57. The number of rotatable bonds is 9. The number of ether oxygens (including phenoxy) is 1. The third-order valence-corrected chi connectivity index (χ3v) is 4.45. The first-order valence-electron chi connectivity index (χ1n) is 7.75. The molecule has 0 bridgehead atoms. The van der Waals surface area contributed by atoms with Gasteiger partial charge in [0.2, 0.25) is 0 Å². The molecule has 0 amide bonds. The van der Waals surface area contributed by atoms with Crippen molar-refractivity contribution in [3.8, 4) is 0 Å². The van der Waals surface area contributed by atoms with Gasteiger partial charge in [-0.2, -0.15) is 0 Å². The second-order valence-corrected chi connectivity index (χ2v) is 6.03. The Morgan fingerprint density at radius 2 is 2.04 bits per heavy atom. The Morgan fingerprint density at radius 3 is 2.71 bits per heavy atom. The van der Waals surface area contributed by atoms with Gasteiger partial charge in [0.15, 0.2) is 0 Å². The van der Waals surface area contributed by atoms with Gasteiger partial charge in [0.05, 0.1) is 18.5 Å². The van der Waals surface area contributed by atoms with Crippen molar-refractivity contribution in [1.29, 1.82) is 0 Å². The average Bonchev–Trinajstić information content (AvgIpc) is 2.90. The molecule has 0 saturated carbocycles. The summed E-state index contributed by atoms with van der Waals surface area (Å²) in [5.41, 5.74) is 0.839. The molecular formula is C17H22N4O2S. The van der Waals surface area contributed by atoms with Crippen molar-refractivity contribution in [3.05, 3.63) is 41.6 Å². The maximum absolute atomic E-state index is 12.1. The molecule has 6 nitrogen and oxygen atoms in total. The summed E-state index contributed by atoms with van der Waals surface area (Å²) in [6.07, 6.45) is 3.54. The largest absolute Gasteiger partial charge is 0.462 e. The second kappa shape index (κ2) is 8.56. The summed E-state index contributed by atoms with van der Waals surface area (Å²) in [7, 11) is 0. The molecule has 0 aliphatic rings. The van der Waals surface area contributed by atoms with E-state index in [0.29, 0.717) is 42.8 Å². The monoisotopic (exact) mass is 346 g/mol. The Bertz CT molecular complexity index is 755. The minimum absolute atomic E-state index is 0.320. The van der Waals surface area contributed by atoms with Crippen LogP contribution in [-0.4, -0.2) is 35.6 Å². The van der Waals surface area contributed by atoms with Crippen LogP contribution in [0.3, 0.4) is 0 Å². The molecule has 0 spiro atoms. The summed E-state index contributed by atoms with van der Waals surface area (Å²) in [5.74, 6) is 1.05. The zero-order chi connectivity index (χ0) is 17.5. The van der Waals surface area contributed by atoms with E-state index in [1.54, 1.807) is 19.1 Å². The molecule has 0 atom stereocenters. The van der Waals surface area contributed by atoms with Gasteiger partial charge in [-0.05, 0) is 19.4 Å². The maximum Gasteiger partial charge on any atom is 0.348 e. The fraction of sp³-hybridized carbons (Fsp3) is 0.353. The number of fused-ring (bicyclic) bond motifs is 1. The highest BCUT2D eigenvalue weighted by molar-refractivity contribution is 7.20. The van der Waals surface area contributed by atoms with Crippen LogP contribution in [0.2, 0.25) is 0 Å². The van der Waals surface area contributed by atoms with Crippen LogP contribution in [0.4, 0.5) is 5.82 Å². The van der Waals surface area contributed by atoms with E-state index in [4.69, 9.17) is 4.74 Å². The Hall–Kier alpha value is -2.25. The molecule has 7 heteroatoms. The van der Waals surface area contributed by atoms with Crippen LogP contribution in [-0.2, 0) is 11.3 Å². The van der Waals surface area contributed by atoms with E-state index in [1.165, 1.54) is 11.3 Å². The Morgan fingerprint density at radius 1 is 1.29 bits per heavy atom. The van der Waals surface area contributed by atoms with Gasteiger partial charge >= 0.3 is 5.97 Å². The van der Waals surface area contributed by atoms with Crippen molar-refractivity contribution in [1.82, 2.24) is 15.3 Å². The van der Waals surface area contributed by atoms with Gasteiger partial charge in [-0.15, -0.1) is 24.5 Å². The number of anilines is 1. The highest BCUT2D eigenvalue weighted by atomic mass is 32.1. The van der Waals surface area contributed by atoms with Gasteiger partial charge in [-0.3, -0.25) is 0 Å². The number of thiophene rings is 1. The topological polar surface area (TPSA) is 76.1 Å². The zero-order valence-electron chi connectivity index (χ0n) is 14.0. The van der Waals surface area contributed by atoms with Gasteiger partial charge in [0.1, 0.15) is 21.3 Å². The number of carbonyl (C=O) groups is 1. The number of nitrogens with one attached hydrogen (secondary N) is 2. The Kier molecular flexibility index (Phi) is 6.45. The van der Waals surface area contributed by atoms with E-state index < -0.39 is 0 Å². The Balaban J connectivity index is 2.48. The quantitative estimate of drug-likeness (QED) is 0.413. The number of carbonyl (C=O) groups excluding carboxylic acids is 1. The third-order valence-electron chi connectivity index (χ3n) is 3.28. The summed E-state index contributed by atoms with van der Waals surface area (Å²) in [5, 5.41) is 7.28. The van der Waals surface area contributed by atoms with Crippen LogP contribution >= 0.6 is 11.3 Å². The van der Waals surface area contributed by atoms with Crippen LogP contribution in [0.5, 0.6) is 0 Å². The molecule has 128 valence electrons. The van der Waals surface area contributed by atoms with Gasteiger partial charge in [-0.25, -0.2) is 14.8 Å². The van der Waals surface area contributed by atoms with Crippen LogP contribution in [0.25, 0.3) is 10.2 Å². The van der Waals surface area contributed by atoms with Crippen molar-refractivity contribution in [3.63, 3.8) is 0 Å². The van der Waals surface area contributed by atoms with E-state index in [9.17, 15) is 4.79 Å². The van der Waals surface area contributed by atoms with Crippen LogP contribution in [0.1, 0.15) is 28.0 Å². The first kappa shape index (κ1) is 18.1. The molecular weight excluding hydrogens is 324 g/mol.